The molecule has 0 spiro atoms. The van der Waals surface area contributed by atoms with Crippen LogP contribution in [0.25, 0.3) is 0 Å². The fraction of sp³-hybridized carbons (Fsp3) is 1.00. The quantitative estimate of drug-likeness (QED) is 0.512. The van der Waals surface area contributed by atoms with E-state index in [0.29, 0.717) is 0 Å². The molecule has 0 unspecified atom stereocenters. The number of hydrogen-bond donors (Lipinski definition) is 1. The zero-order chi connectivity index (χ0) is 5.33. The van der Waals surface area contributed by atoms with Crippen molar-refractivity contribution in [2.75, 3.05) is 0 Å². The van der Waals surface area contributed by atoms with Crippen molar-refractivity contribution < 1.29 is 0 Å². The van der Waals surface area contributed by atoms with Crippen LogP contribution in [0.1, 0.15) is 13.3 Å². The van der Waals surface area contributed by atoms with Crippen molar-refractivity contribution in [2.24, 2.45) is 5.40 Å². The summed E-state index contributed by atoms with van der Waals surface area (Å²) in [6.45, 7) is 2.23. The summed E-state index contributed by atoms with van der Waals surface area (Å²) in [4.78, 5) is 0. The molecule has 0 aliphatic carbocycles. The SMILES string of the molecule is CC[Si]1(N)CCC1. The molecule has 42 valence electrons. The monoisotopic (exact) mass is 115 g/mol. The lowest BCUT2D eigenvalue weighted by atomic mass is 10.5. The van der Waals surface area contributed by atoms with Gasteiger partial charge in [0.15, 0.2) is 0 Å². The first-order chi connectivity index (χ1) is 3.27. The van der Waals surface area contributed by atoms with E-state index in [-0.39, 0.29) is 0 Å². The average molecular weight is 115 g/mol. The lowest BCUT2D eigenvalue weighted by Crippen LogP contribution is -2.50. The predicted octanol–water partition coefficient (Wildman–Crippen LogP) is 1.31. The standard InChI is InChI=1S/C5H13NSi/c1-2-7(6)4-3-5-7/h2-6H2,1H3. The second-order valence-corrected chi connectivity index (χ2v) is 7.00. The third kappa shape index (κ3) is 0.863. The smallest absolute Gasteiger partial charge is 0.122 e. The van der Waals surface area contributed by atoms with Crippen LogP contribution in [-0.4, -0.2) is 8.24 Å². The molecular weight excluding hydrogens is 102 g/mol. The Morgan fingerprint density at radius 3 is 2.14 bits per heavy atom. The first kappa shape index (κ1) is 5.32. The van der Waals surface area contributed by atoms with Gasteiger partial charge in [-0.1, -0.05) is 13.3 Å². The van der Waals surface area contributed by atoms with Crippen molar-refractivity contribution >= 4 is 8.24 Å². The van der Waals surface area contributed by atoms with Crippen molar-refractivity contribution in [1.82, 2.24) is 0 Å². The second kappa shape index (κ2) is 1.60. The van der Waals surface area contributed by atoms with E-state index in [4.69, 9.17) is 5.40 Å². The van der Waals surface area contributed by atoms with Crippen molar-refractivity contribution in [1.29, 1.82) is 0 Å². The largest absolute Gasteiger partial charge is 0.351 e. The second-order valence-electron chi connectivity index (χ2n) is 2.57. The lowest BCUT2D eigenvalue weighted by molar-refractivity contribution is 0.871. The Balaban J connectivity index is 2.29. The molecule has 7 heavy (non-hydrogen) atoms. The third-order valence-electron chi connectivity index (χ3n) is 2.05. The summed E-state index contributed by atoms with van der Waals surface area (Å²) in [7, 11) is -0.971. The first-order valence-corrected chi connectivity index (χ1v) is 5.76. The van der Waals surface area contributed by atoms with Gasteiger partial charge in [0.1, 0.15) is 8.24 Å². The highest BCUT2D eigenvalue weighted by atomic mass is 28.3. The van der Waals surface area contributed by atoms with E-state index in [1.54, 1.807) is 0 Å². The Bertz CT molecular complexity index is 63.0. The van der Waals surface area contributed by atoms with Gasteiger partial charge < -0.3 is 5.40 Å². The molecule has 0 aromatic heterocycles. The summed E-state index contributed by atoms with van der Waals surface area (Å²) in [5, 5.41) is 5.94. The van der Waals surface area contributed by atoms with Gasteiger partial charge >= 0.3 is 0 Å². The summed E-state index contributed by atoms with van der Waals surface area (Å²) < 4.78 is 0. The summed E-state index contributed by atoms with van der Waals surface area (Å²) in [5.41, 5.74) is 0. The molecule has 0 radical (unpaired) electrons. The fourth-order valence-electron chi connectivity index (χ4n) is 0.984. The predicted molar refractivity (Wildman–Crippen MR) is 34.7 cm³/mol. The Morgan fingerprint density at radius 2 is 2.14 bits per heavy atom. The average Bonchev–Trinajstić information content (AvgIpc) is 1.61. The molecular formula is C5H13NSi. The molecule has 1 saturated heterocycles. The van der Waals surface area contributed by atoms with E-state index in [1.165, 1.54) is 24.6 Å². The molecule has 0 aromatic carbocycles. The Morgan fingerprint density at radius 1 is 1.57 bits per heavy atom. The van der Waals surface area contributed by atoms with Crippen molar-refractivity contribution in [2.45, 2.75) is 31.5 Å². The third-order valence-corrected chi connectivity index (χ3v) is 6.16. The van der Waals surface area contributed by atoms with E-state index >= 15 is 0 Å². The van der Waals surface area contributed by atoms with Crippen LogP contribution in [0.5, 0.6) is 0 Å². The van der Waals surface area contributed by atoms with E-state index in [2.05, 4.69) is 6.92 Å². The maximum absolute atomic E-state index is 5.94. The van der Waals surface area contributed by atoms with Gasteiger partial charge in [0.25, 0.3) is 0 Å². The van der Waals surface area contributed by atoms with Crippen LogP contribution in [0.2, 0.25) is 18.1 Å². The molecule has 2 N–H and O–H groups in total. The van der Waals surface area contributed by atoms with Gasteiger partial charge in [-0.3, -0.25) is 0 Å². The number of rotatable bonds is 1. The Hall–Kier alpha value is 0.177. The minimum Gasteiger partial charge on any atom is -0.351 e. The Labute approximate surface area is 46.0 Å². The van der Waals surface area contributed by atoms with Crippen LogP contribution in [0.15, 0.2) is 0 Å². The first-order valence-electron chi connectivity index (χ1n) is 3.06. The fourth-order valence-corrected chi connectivity index (χ4v) is 2.95. The maximum Gasteiger partial charge on any atom is 0.122 e. The minimum atomic E-state index is -0.971. The highest BCUT2D eigenvalue weighted by Crippen LogP contribution is 2.29. The lowest BCUT2D eigenvalue weighted by Gasteiger charge is -2.33. The highest BCUT2D eigenvalue weighted by molar-refractivity contribution is 6.79. The van der Waals surface area contributed by atoms with Crippen LogP contribution in [0, 0.1) is 0 Å². The summed E-state index contributed by atoms with van der Waals surface area (Å²) in [6.07, 6.45) is 1.41. The van der Waals surface area contributed by atoms with Crippen LogP contribution in [-0.2, 0) is 0 Å². The summed E-state index contributed by atoms with van der Waals surface area (Å²) >= 11 is 0. The molecule has 0 atom stereocenters. The van der Waals surface area contributed by atoms with Gasteiger partial charge in [0.05, 0.1) is 0 Å². The minimum absolute atomic E-state index is 0.971. The van der Waals surface area contributed by atoms with Gasteiger partial charge in [-0.25, -0.2) is 0 Å². The van der Waals surface area contributed by atoms with E-state index in [9.17, 15) is 0 Å². The van der Waals surface area contributed by atoms with Gasteiger partial charge in [-0.2, -0.15) is 0 Å². The van der Waals surface area contributed by atoms with Crippen molar-refractivity contribution in [3.05, 3.63) is 0 Å². The molecule has 1 rings (SSSR count). The molecule has 0 saturated carbocycles. The molecule has 1 fully saturated rings. The van der Waals surface area contributed by atoms with E-state index in [0.717, 1.165) is 0 Å². The molecule has 1 nitrogen and oxygen atoms in total. The Kier molecular flexibility index (Phi) is 1.21. The van der Waals surface area contributed by atoms with Crippen LogP contribution < -0.4 is 5.40 Å². The van der Waals surface area contributed by atoms with Crippen LogP contribution in [0.3, 0.4) is 0 Å². The topological polar surface area (TPSA) is 26.0 Å². The van der Waals surface area contributed by atoms with Gasteiger partial charge in [-0.15, -0.1) is 0 Å². The number of nitrogens with two attached hydrogens (primary N) is 1. The zero-order valence-electron chi connectivity index (χ0n) is 4.91. The molecule has 2 heteroatoms. The summed E-state index contributed by atoms with van der Waals surface area (Å²) in [6, 6.07) is 4.08. The maximum atomic E-state index is 5.94. The number of hydrogen-bond acceptors (Lipinski definition) is 1. The molecule has 1 aliphatic heterocycles. The van der Waals surface area contributed by atoms with E-state index < -0.39 is 8.24 Å². The highest BCUT2D eigenvalue weighted by Gasteiger charge is 2.32. The van der Waals surface area contributed by atoms with Gasteiger partial charge in [0, 0.05) is 0 Å². The van der Waals surface area contributed by atoms with Gasteiger partial charge in [0.2, 0.25) is 0 Å². The van der Waals surface area contributed by atoms with Gasteiger partial charge in [-0.05, 0) is 18.1 Å². The molecule has 0 amide bonds. The molecule has 0 bridgehead atoms. The normalized spacial score (nSPS) is 26.6. The molecule has 0 aromatic rings. The molecule has 1 aliphatic rings. The molecule has 1 heterocycles. The van der Waals surface area contributed by atoms with Crippen molar-refractivity contribution in [3.63, 3.8) is 0 Å². The zero-order valence-corrected chi connectivity index (χ0v) is 5.91. The van der Waals surface area contributed by atoms with E-state index in [1.807, 2.05) is 0 Å². The summed E-state index contributed by atoms with van der Waals surface area (Å²) in [5.74, 6) is 0. The van der Waals surface area contributed by atoms with Crippen LogP contribution >= 0.6 is 0 Å². The van der Waals surface area contributed by atoms with Crippen LogP contribution in [0.4, 0.5) is 0 Å². The van der Waals surface area contributed by atoms with Crippen molar-refractivity contribution in [3.8, 4) is 0 Å².